The molecule has 0 spiro atoms. The van der Waals surface area contributed by atoms with Crippen molar-refractivity contribution in [3.8, 4) is 11.4 Å². The van der Waals surface area contributed by atoms with Gasteiger partial charge in [-0.05, 0) is 85.4 Å². The highest BCUT2D eigenvalue weighted by Gasteiger charge is 2.13. The van der Waals surface area contributed by atoms with Gasteiger partial charge in [-0.15, -0.1) is 0 Å². The number of allylic oxidation sites excluding steroid dienone is 1. The third kappa shape index (κ3) is 4.47. The van der Waals surface area contributed by atoms with E-state index in [0.717, 1.165) is 28.1 Å². The van der Waals surface area contributed by atoms with Crippen LogP contribution in [0, 0.1) is 0 Å². The minimum atomic E-state index is 0.588. The molecule has 0 fully saturated rings. The van der Waals surface area contributed by atoms with Gasteiger partial charge in [0.1, 0.15) is 0 Å². The summed E-state index contributed by atoms with van der Waals surface area (Å²) >= 11 is 0. The van der Waals surface area contributed by atoms with Crippen LogP contribution >= 0.6 is 0 Å². The van der Waals surface area contributed by atoms with Crippen molar-refractivity contribution in [1.29, 1.82) is 0 Å². The van der Waals surface area contributed by atoms with E-state index < -0.39 is 0 Å². The fraction of sp³-hybridized carbons (Fsp3) is 0.0244. The molecule has 4 heteroatoms. The van der Waals surface area contributed by atoms with Gasteiger partial charge >= 0.3 is 0 Å². The number of para-hydroxylation sites is 4. The van der Waals surface area contributed by atoms with Crippen molar-refractivity contribution in [1.82, 2.24) is 9.13 Å². The summed E-state index contributed by atoms with van der Waals surface area (Å²) < 4.78 is 4.63. The van der Waals surface area contributed by atoms with E-state index in [-0.39, 0.29) is 0 Å². The molecule has 0 unspecified atom stereocenters. The van der Waals surface area contributed by atoms with Crippen molar-refractivity contribution in [2.45, 2.75) is 6.92 Å². The molecule has 0 radical (unpaired) electrons. The highest BCUT2D eigenvalue weighted by molar-refractivity contribution is 6.10. The largest absolute Gasteiger partial charge is 0.309 e. The van der Waals surface area contributed by atoms with Crippen molar-refractivity contribution in [2.75, 3.05) is 0 Å². The van der Waals surface area contributed by atoms with Crippen LogP contribution in [0.4, 0.5) is 0 Å². The number of aliphatic imine (C=N–C) groups is 2. The van der Waals surface area contributed by atoms with Gasteiger partial charge in [-0.3, -0.25) is 0 Å². The molecular weight excluding hydrogens is 548 g/mol. The number of rotatable bonds is 5. The predicted octanol–water partition coefficient (Wildman–Crippen LogP) is 10.4. The Labute approximate surface area is 261 Å². The number of hydrogen-bond acceptors (Lipinski definition) is 1. The van der Waals surface area contributed by atoms with Crippen molar-refractivity contribution in [3.63, 3.8) is 0 Å². The van der Waals surface area contributed by atoms with Gasteiger partial charge in [0.05, 0.1) is 22.1 Å². The van der Waals surface area contributed by atoms with E-state index in [4.69, 9.17) is 4.99 Å². The number of fused-ring (bicyclic) bond motifs is 6. The Bertz CT molecular complexity index is 2330. The number of nitrogens with zero attached hydrogens (tertiary/aromatic N) is 4. The lowest BCUT2D eigenvalue weighted by molar-refractivity contribution is 1.18. The monoisotopic (exact) mass is 578 g/mol. The lowest BCUT2D eigenvalue weighted by atomic mass is 10.1. The van der Waals surface area contributed by atoms with Crippen molar-refractivity contribution < 1.29 is 0 Å². The van der Waals surface area contributed by atoms with Crippen LogP contribution in [0.2, 0.25) is 0 Å². The standard InChI is InChI=1S/C41H30N4/c1-28(29-19-23-31(24-20-29)44-37-15-7-3-11-33(37)34-12-4-8-16-38(34)44)27-43-41(42-2)30-21-25-32(26-22-30)45-39-17-9-5-13-35(39)36-14-6-10-18-40(36)45/h3-27H,2H2,1H3/b28-27+,43-41-. The van der Waals surface area contributed by atoms with Crippen LogP contribution in [0.3, 0.4) is 0 Å². The minimum absolute atomic E-state index is 0.588. The first kappa shape index (κ1) is 26.6. The van der Waals surface area contributed by atoms with Gasteiger partial charge < -0.3 is 9.13 Å². The van der Waals surface area contributed by atoms with E-state index in [0.29, 0.717) is 5.84 Å². The maximum Gasteiger partial charge on any atom is 0.158 e. The Kier molecular flexibility index (Phi) is 6.46. The van der Waals surface area contributed by atoms with Crippen LogP contribution in [0.5, 0.6) is 0 Å². The van der Waals surface area contributed by atoms with E-state index in [1.54, 1.807) is 0 Å². The Morgan fingerprint density at radius 1 is 0.489 bits per heavy atom. The molecule has 0 amide bonds. The predicted molar refractivity (Wildman–Crippen MR) is 191 cm³/mol. The highest BCUT2D eigenvalue weighted by atomic mass is 15.0. The van der Waals surface area contributed by atoms with Gasteiger partial charge in [0, 0.05) is 44.7 Å². The zero-order valence-corrected chi connectivity index (χ0v) is 24.9. The second kappa shape index (κ2) is 10.9. The lowest BCUT2D eigenvalue weighted by Crippen LogP contribution is -1.98. The molecule has 0 bridgehead atoms. The summed E-state index contributed by atoms with van der Waals surface area (Å²) in [7, 11) is 0. The number of benzene rings is 6. The fourth-order valence-corrected chi connectivity index (χ4v) is 6.47. The smallest absolute Gasteiger partial charge is 0.158 e. The van der Waals surface area contributed by atoms with E-state index in [2.05, 4.69) is 173 Å². The van der Waals surface area contributed by atoms with Crippen molar-refractivity contribution in [3.05, 3.63) is 163 Å². The summed E-state index contributed by atoms with van der Waals surface area (Å²) in [6, 6.07) is 51.3. The maximum absolute atomic E-state index is 4.75. The van der Waals surface area contributed by atoms with Crippen LogP contribution in [-0.4, -0.2) is 21.7 Å². The van der Waals surface area contributed by atoms with Gasteiger partial charge in [0.25, 0.3) is 0 Å². The third-order valence-corrected chi connectivity index (χ3v) is 8.65. The molecule has 214 valence electrons. The molecule has 0 aliphatic heterocycles. The van der Waals surface area contributed by atoms with Gasteiger partial charge in [-0.2, -0.15) is 0 Å². The normalized spacial score (nSPS) is 12.5. The van der Waals surface area contributed by atoms with Gasteiger partial charge in [-0.1, -0.05) is 84.9 Å². The zero-order chi connectivity index (χ0) is 30.3. The minimum Gasteiger partial charge on any atom is -0.309 e. The number of amidine groups is 1. The van der Waals surface area contributed by atoms with Crippen LogP contribution in [-0.2, 0) is 0 Å². The Balaban J connectivity index is 1.09. The molecule has 2 heterocycles. The van der Waals surface area contributed by atoms with Crippen LogP contribution < -0.4 is 0 Å². The maximum atomic E-state index is 4.75. The first-order valence-electron chi connectivity index (χ1n) is 15.1. The summed E-state index contributed by atoms with van der Waals surface area (Å²) in [5, 5.41) is 5.01. The number of aromatic nitrogens is 2. The molecular formula is C41H30N4. The van der Waals surface area contributed by atoms with Crippen LogP contribution in [0.1, 0.15) is 18.1 Å². The SMILES string of the molecule is C=N/C(=N\C=C(/C)c1ccc(-n2c3ccccc3c3ccccc32)cc1)c1ccc(-n2c3ccccc3c3ccccc32)cc1. The molecule has 0 saturated carbocycles. The average Bonchev–Trinajstić information content (AvgIpc) is 3.62. The third-order valence-electron chi connectivity index (χ3n) is 8.65. The molecule has 45 heavy (non-hydrogen) atoms. The zero-order valence-electron chi connectivity index (χ0n) is 24.9. The Hall–Kier alpha value is -6.00. The molecule has 0 atom stereocenters. The molecule has 0 saturated heterocycles. The number of hydrogen-bond donors (Lipinski definition) is 0. The summed E-state index contributed by atoms with van der Waals surface area (Å²) in [4.78, 5) is 9.02. The second-order valence-corrected chi connectivity index (χ2v) is 11.3. The van der Waals surface area contributed by atoms with Crippen molar-refractivity contribution >= 4 is 61.7 Å². The fourth-order valence-electron chi connectivity index (χ4n) is 6.47. The highest BCUT2D eigenvalue weighted by Crippen LogP contribution is 2.33. The molecule has 0 aliphatic carbocycles. The van der Waals surface area contributed by atoms with E-state index in [9.17, 15) is 0 Å². The molecule has 0 N–H and O–H groups in total. The van der Waals surface area contributed by atoms with E-state index in [1.807, 2.05) is 6.20 Å². The summed E-state index contributed by atoms with van der Waals surface area (Å²) in [6.07, 6.45) is 1.88. The van der Waals surface area contributed by atoms with Gasteiger partial charge in [0.15, 0.2) is 5.84 Å². The lowest BCUT2D eigenvalue weighted by Gasteiger charge is -2.10. The molecule has 4 nitrogen and oxygen atoms in total. The van der Waals surface area contributed by atoms with E-state index >= 15 is 0 Å². The van der Waals surface area contributed by atoms with Crippen molar-refractivity contribution in [2.24, 2.45) is 9.98 Å². The molecule has 6 aromatic carbocycles. The Morgan fingerprint density at radius 2 is 0.844 bits per heavy atom. The molecule has 2 aromatic heterocycles. The average molecular weight is 579 g/mol. The summed E-state index contributed by atoms with van der Waals surface area (Å²) in [5.74, 6) is 0.588. The summed E-state index contributed by atoms with van der Waals surface area (Å²) in [5.41, 5.74) is 10.1. The molecule has 8 aromatic rings. The molecule has 8 rings (SSSR count). The van der Waals surface area contributed by atoms with Crippen LogP contribution in [0.25, 0.3) is 60.6 Å². The molecule has 0 aliphatic rings. The van der Waals surface area contributed by atoms with E-state index in [1.165, 1.54) is 43.6 Å². The van der Waals surface area contributed by atoms with Gasteiger partial charge in [0.2, 0.25) is 0 Å². The first-order valence-corrected chi connectivity index (χ1v) is 15.1. The quantitative estimate of drug-likeness (QED) is 0.144. The van der Waals surface area contributed by atoms with Gasteiger partial charge in [-0.25, -0.2) is 9.98 Å². The Morgan fingerprint density at radius 3 is 1.22 bits per heavy atom. The summed E-state index contributed by atoms with van der Waals surface area (Å²) in [6.45, 7) is 5.89. The van der Waals surface area contributed by atoms with Crippen LogP contribution in [0.15, 0.2) is 162 Å². The topological polar surface area (TPSA) is 34.6 Å². The first-order chi connectivity index (χ1) is 22.2. The second-order valence-electron chi connectivity index (χ2n) is 11.3.